The number of hydrogen-bond donors (Lipinski definition) is 0. The number of fused-ring (bicyclic) bond motifs is 6. The van der Waals surface area contributed by atoms with E-state index in [1.807, 2.05) is 0 Å². The van der Waals surface area contributed by atoms with Crippen LogP contribution in [0.5, 0.6) is 0 Å². The molecule has 0 aliphatic rings. The summed E-state index contributed by atoms with van der Waals surface area (Å²) in [6, 6.07) is 101. The molecule has 0 radical (unpaired) electrons. The molecule has 0 saturated heterocycles. The Morgan fingerprint density at radius 2 is 0.368 bits per heavy atom. The van der Waals surface area contributed by atoms with E-state index in [9.17, 15) is 0 Å². The summed E-state index contributed by atoms with van der Waals surface area (Å²) in [5, 5.41) is 7.61. The molecule has 12 aromatic rings. The van der Waals surface area contributed by atoms with E-state index < -0.39 is 0 Å². The first-order valence-electron chi connectivity index (χ1n) is 23.3. The molecule has 0 atom stereocenters. The number of anilines is 6. The Morgan fingerprint density at radius 3 is 0.721 bits per heavy atom. The fourth-order valence-corrected chi connectivity index (χ4v) is 9.83. The van der Waals surface area contributed by atoms with Crippen molar-refractivity contribution in [3.8, 4) is 44.5 Å². The zero-order valence-corrected chi connectivity index (χ0v) is 37.5. The van der Waals surface area contributed by atoms with Gasteiger partial charge in [0.05, 0.1) is 0 Å². The average Bonchev–Trinajstić information content (AvgIpc) is 3.43. The highest BCUT2D eigenvalue weighted by Gasteiger charge is 2.17. The Bertz CT molecular complexity index is 3630. The third kappa shape index (κ3) is 7.74. The first-order chi connectivity index (χ1) is 33.7. The van der Waals surface area contributed by atoms with Gasteiger partial charge in [0.25, 0.3) is 0 Å². The van der Waals surface area contributed by atoms with Gasteiger partial charge in [0.15, 0.2) is 0 Å². The molecule has 2 nitrogen and oxygen atoms in total. The van der Waals surface area contributed by atoms with E-state index in [0.717, 1.165) is 45.3 Å². The van der Waals surface area contributed by atoms with Crippen molar-refractivity contribution in [3.63, 3.8) is 0 Å². The maximum Gasteiger partial charge on any atom is 0.0468 e. The van der Waals surface area contributed by atoms with Gasteiger partial charge in [-0.1, -0.05) is 206 Å². The number of benzene rings is 12. The van der Waals surface area contributed by atoms with E-state index in [4.69, 9.17) is 0 Å². The summed E-state index contributed by atoms with van der Waals surface area (Å²) < 4.78 is 0. The molecular weight excluding hydrogens is 821 g/mol. The molecule has 0 amide bonds. The minimum atomic E-state index is 1.09. The largest absolute Gasteiger partial charge is 0.311 e. The molecule has 0 aliphatic carbocycles. The van der Waals surface area contributed by atoms with Crippen LogP contribution in [-0.4, -0.2) is 0 Å². The Morgan fingerprint density at radius 1 is 0.147 bits per heavy atom. The van der Waals surface area contributed by atoms with Crippen molar-refractivity contribution in [1.82, 2.24) is 0 Å². The first kappa shape index (κ1) is 40.5. The first-order valence-corrected chi connectivity index (χ1v) is 23.3. The predicted octanol–water partition coefficient (Wildman–Crippen LogP) is 18.8. The van der Waals surface area contributed by atoms with Crippen LogP contribution in [0.2, 0.25) is 0 Å². The molecular formula is C66H46N2. The number of hydrogen-bond acceptors (Lipinski definition) is 2. The Hall–Kier alpha value is -8.98. The fourth-order valence-electron chi connectivity index (χ4n) is 9.83. The summed E-state index contributed by atoms with van der Waals surface area (Å²) >= 11 is 0. The molecule has 0 heterocycles. The normalized spacial score (nSPS) is 11.2. The van der Waals surface area contributed by atoms with Crippen LogP contribution in [0.4, 0.5) is 34.1 Å². The van der Waals surface area contributed by atoms with Gasteiger partial charge in [0, 0.05) is 34.1 Å². The monoisotopic (exact) mass is 866 g/mol. The van der Waals surface area contributed by atoms with Crippen molar-refractivity contribution < 1.29 is 0 Å². The highest BCUT2D eigenvalue weighted by molar-refractivity contribution is 6.25. The minimum absolute atomic E-state index is 1.09. The lowest BCUT2D eigenvalue weighted by atomic mass is 9.94. The van der Waals surface area contributed by atoms with Gasteiger partial charge in [-0.2, -0.15) is 0 Å². The Kier molecular flexibility index (Phi) is 10.6. The highest BCUT2D eigenvalue weighted by atomic mass is 15.1. The molecule has 320 valence electrons. The van der Waals surface area contributed by atoms with Crippen LogP contribution < -0.4 is 9.80 Å². The highest BCUT2D eigenvalue weighted by Crippen LogP contribution is 2.42. The molecule has 0 N–H and O–H groups in total. The van der Waals surface area contributed by atoms with Crippen LogP contribution in [0.1, 0.15) is 0 Å². The summed E-state index contributed by atoms with van der Waals surface area (Å²) in [7, 11) is 0. The quantitative estimate of drug-likeness (QED) is 0.126. The van der Waals surface area contributed by atoms with Gasteiger partial charge in [-0.3, -0.25) is 0 Å². The van der Waals surface area contributed by atoms with Gasteiger partial charge in [-0.25, -0.2) is 0 Å². The van der Waals surface area contributed by atoms with Crippen LogP contribution in [0.3, 0.4) is 0 Å². The molecule has 0 aliphatic heterocycles. The molecule has 0 saturated carbocycles. The molecule has 0 aromatic heterocycles. The van der Waals surface area contributed by atoms with Crippen LogP contribution in [0.15, 0.2) is 279 Å². The van der Waals surface area contributed by atoms with E-state index in [1.54, 1.807) is 0 Å². The average molecular weight is 867 g/mol. The molecule has 0 bridgehead atoms. The third-order valence-electron chi connectivity index (χ3n) is 13.3. The second-order valence-electron chi connectivity index (χ2n) is 17.3. The second-order valence-corrected chi connectivity index (χ2v) is 17.3. The Balaban J connectivity index is 0.868. The number of nitrogens with zero attached hydrogens (tertiary/aromatic N) is 2. The zero-order chi connectivity index (χ0) is 45.2. The third-order valence-corrected chi connectivity index (χ3v) is 13.3. The van der Waals surface area contributed by atoms with Crippen molar-refractivity contribution in [2.45, 2.75) is 0 Å². The summed E-state index contributed by atoms with van der Waals surface area (Å²) in [6.07, 6.45) is 0. The zero-order valence-electron chi connectivity index (χ0n) is 37.5. The van der Waals surface area contributed by atoms with E-state index in [-0.39, 0.29) is 0 Å². The molecule has 68 heavy (non-hydrogen) atoms. The second kappa shape index (κ2) is 17.8. The van der Waals surface area contributed by atoms with Gasteiger partial charge in [0.2, 0.25) is 0 Å². The summed E-state index contributed by atoms with van der Waals surface area (Å²) in [5.74, 6) is 0. The molecule has 0 fully saturated rings. The molecule has 12 aromatic carbocycles. The number of rotatable bonds is 10. The standard InChI is InChI=1S/C66H46N2/c1-4-14-47(15-5-1)49-24-26-50(27-25-49)52-30-38-57(39-31-52)67(56-36-28-51(29-37-56)48-16-6-2-7-17-48)58-40-32-53(33-41-58)54-34-42-59(43-35-54)68(55-18-8-3-9-19-55)60-44-45-65-63-22-11-10-20-61(63)62-21-12-13-23-64(62)66(65)46-60/h1-46H. The van der Waals surface area contributed by atoms with E-state index in [1.165, 1.54) is 65.7 Å². The summed E-state index contributed by atoms with van der Waals surface area (Å²) in [6.45, 7) is 0. The molecule has 0 unspecified atom stereocenters. The van der Waals surface area contributed by atoms with Crippen molar-refractivity contribution >= 4 is 66.4 Å². The van der Waals surface area contributed by atoms with Gasteiger partial charge in [-0.15, -0.1) is 0 Å². The lowest BCUT2D eigenvalue weighted by molar-refractivity contribution is 1.28. The van der Waals surface area contributed by atoms with Crippen molar-refractivity contribution in [3.05, 3.63) is 279 Å². The van der Waals surface area contributed by atoms with Crippen LogP contribution >= 0.6 is 0 Å². The maximum absolute atomic E-state index is 2.36. The summed E-state index contributed by atoms with van der Waals surface area (Å²) in [4.78, 5) is 4.71. The molecule has 2 heteroatoms. The minimum Gasteiger partial charge on any atom is -0.311 e. The van der Waals surface area contributed by atoms with Crippen molar-refractivity contribution in [1.29, 1.82) is 0 Å². The van der Waals surface area contributed by atoms with Crippen LogP contribution in [0, 0.1) is 0 Å². The van der Waals surface area contributed by atoms with E-state index in [0.29, 0.717) is 0 Å². The van der Waals surface area contributed by atoms with Gasteiger partial charge < -0.3 is 9.80 Å². The SMILES string of the molecule is c1ccc(-c2ccc(-c3ccc(N(c4ccc(-c5ccccc5)cc4)c4ccc(-c5ccc(N(c6ccccc6)c6ccc7c8ccccc8c8ccccc8c7c6)cc5)cc4)cc3)cc2)cc1. The van der Waals surface area contributed by atoms with Crippen molar-refractivity contribution in [2.75, 3.05) is 9.80 Å². The maximum atomic E-state index is 2.36. The smallest absolute Gasteiger partial charge is 0.0468 e. The molecule has 0 spiro atoms. The predicted molar refractivity (Wildman–Crippen MR) is 290 cm³/mol. The lowest BCUT2D eigenvalue weighted by Gasteiger charge is -2.27. The van der Waals surface area contributed by atoms with E-state index >= 15 is 0 Å². The van der Waals surface area contributed by atoms with Crippen LogP contribution in [0.25, 0.3) is 76.8 Å². The van der Waals surface area contributed by atoms with Gasteiger partial charge >= 0.3 is 0 Å². The van der Waals surface area contributed by atoms with E-state index in [2.05, 4.69) is 289 Å². The Labute approximate surface area is 397 Å². The topological polar surface area (TPSA) is 6.48 Å². The van der Waals surface area contributed by atoms with Crippen molar-refractivity contribution in [2.24, 2.45) is 0 Å². The number of para-hydroxylation sites is 1. The fraction of sp³-hybridized carbons (Fsp3) is 0. The summed E-state index contributed by atoms with van der Waals surface area (Å²) in [5.41, 5.74) is 16.1. The van der Waals surface area contributed by atoms with Gasteiger partial charge in [0.1, 0.15) is 0 Å². The molecule has 12 rings (SSSR count). The van der Waals surface area contributed by atoms with Crippen LogP contribution in [-0.2, 0) is 0 Å². The van der Waals surface area contributed by atoms with Gasteiger partial charge in [-0.05, 0) is 150 Å². The lowest BCUT2D eigenvalue weighted by Crippen LogP contribution is -2.10.